The van der Waals surface area contributed by atoms with E-state index < -0.39 is 18.8 Å². The molecular weight excluding hydrogens is 423 g/mol. The molecular formula is C24H52OSn. The van der Waals surface area contributed by atoms with Crippen molar-refractivity contribution in [1.29, 1.82) is 0 Å². The van der Waals surface area contributed by atoms with Gasteiger partial charge in [0.15, 0.2) is 0 Å². The van der Waals surface area contributed by atoms with Gasteiger partial charge in [0.1, 0.15) is 0 Å². The standard InChI is InChI=1S/C12H25O.3C4H9.Sn/c1-2-3-4-5-6-7-8-9-10-11-12-13;3*1-3-4-2;/h2-12H2,1H3;3*1,3-4H2,2H3;/q-1;;;;+1. The predicted octanol–water partition coefficient (Wildman–Crippen LogP) is 9.27. The van der Waals surface area contributed by atoms with Crippen molar-refractivity contribution in [1.82, 2.24) is 0 Å². The molecule has 0 atom stereocenters. The van der Waals surface area contributed by atoms with Gasteiger partial charge in [-0.05, 0) is 0 Å². The first kappa shape index (κ1) is 26.8. The Balaban J connectivity index is 3.95. The maximum atomic E-state index is 6.82. The molecule has 0 aliphatic heterocycles. The van der Waals surface area contributed by atoms with Gasteiger partial charge < -0.3 is 0 Å². The van der Waals surface area contributed by atoms with E-state index in [0.29, 0.717) is 0 Å². The Hall–Kier alpha value is 0.759. The summed E-state index contributed by atoms with van der Waals surface area (Å²) in [7, 11) is 0. The Kier molecular flexibility index (Phi) is 21.1. The van der Waals surface area contributed by atoms with E-state index in [1.165, 1.54) is 116 Å². The van der Waals surface area contributed by atoms with Crippen LogP contribution in [0, 0.1) is 0 Å². The van der Waals surface area contributed by atoms with Gasteiger partial charge in [-0.2, -0.15) is 0 Å². The van der Waals surface area contributed by atoms with Crippen LogP contribution in [-0.4, -0.2) is 25.4 Å². The number of hydrogen-bond acceptors (Lipinski definition) is 1. The monoisotopic (exact) mass is 476 g/mol. The minimum atomic E-state index is -2.30. The molecule has 0 radical (unpaired) electrons. The van der Waals surface area contributed by atoms with E-state index in [-0.39, 0.29) is 0 Å². The Bertz CT molecular complexity index is 245. The third-order valence-corrected chi connectivity index (χ3v) is 19.0. The molecule has 0 aromatic heterocycles. The first-order chi connectivity index (χ1) is 12.7. The zero-order valence-corrected chi connectivity index (χ0v) is 21.9. The SMILES string of the molecule is CCCCCCCCCCCC[O][Sn]([CH2]CCC)([CH2]CCC)[CH2]CCC. The van der Waals surface area contributed by atoms with Crippen LogP contribution in [-0.2, 0) is 3.07 Å². The first-order valence-electron chi connectivity index (χ1n) is 12.4. The molecule has 0 saturated heterocycles. The quantitative estimate of drug-likeness (QED) is 0.119. The summed E-state index contributed by atoms with van der Waals surface area (Å²) < 4.78 is 11.3. The molecule has 0 aliphatic rings. The van der Waals surface area contributed by atoms with Crippen LogP contribution in [0.4, 0.5) is 0 Å². The van der Waals surface area contributed by atoms with Gasteiger partial charge in [0.25, 0.3) is 0 Å². The van der Waals surface area contributed by atoms with E-state index in [9.17, 15) is 0 Å². The average molecular weight is 475 g/mol. The van der Waals surface area contributed by atoms with Gasteiger partial charge in [-0.1, -0.05) is 6.92 Å². The summed E-state index contributed by atoms with van der Waals surface area (Å²) in [5.41, 5.74) is 0. The third-order valence-electron chi connectivity index (χ3n) is 5.86. The second-order valence-corrected chi connectivity index (χ2v) is 20.4. The van der Waals surface area contributed by atoms with Crippen molar-refractivity contribution in [3.8, 4) is 0 Å². The molecule has 0 aromatic carbocycles. The molecule has 0 rings (SSSR count). The Morgan fingerprint density at radius 1 is 0.423 bits per heavy atom. The van der Waals surface area contributed by atoms with Crippen LogP contribution >= 0.6 is 0 Å². The second kappa shape index (κ2) is 20.5. The zero-order valence-electron chi connectivity index (χ0n) is 19.1. The summed E-state index contributed by atoms with van der Waals surface area (Å²) in [6.45, 7) is 10.4. The molecule has 0 spiro atoms. The molecule has 0 unspecified atom stereocenters. The van der Waals surface area contributed by atoms with E-state index >= 15 is 0 Å². The van der Waals surface area contributed by atoms with Crippen molar-refractivity contribution in [2.24, 2.45) is 0 Å². The number of unbranched alkanes of at least 4 members (excludes halogenated alkanes) is 12. The first-order valence-corrected chi connectivity index (χ1v) is 19.6. The van der Waals surface area contributed by atoms with Crippen LogP contribution in [0.5, 0.6) is 0 Å². The van der Waals surface area contributed by atoms with Gasteiger partial charge in [-0.15, -0.1) is 0 Å². The Morgan fingerprint density at radius 3 is 1.15 bits per heavy atom. The average Bonchev–Trinajstić information content (AvgIpc) is 2.66. The molecule has 2 heteroatoms. The molecule has 0 amide bonds. The van der Waals surface area contributed by atoms with E-state index in [4.69, 9.17) is 3.07 Å². The maximum absolute atomic E-state index is 6.82. The van der Waals surface area contributed by atoms with Crippen molar-refractivity contribution in [3.63, 3.8) is 0 Å². The van der Waals surface area contributed by atoms with Gasteiger partial charge in [0.05, 0.1) is 0 Å². The van der Waals surface area contributed by atoms with Crippen LogP contribution < -0.4 is 0 Å². The predicted molar refractivity (Wildman–Crippen MR) is 123 cm³/mol. The topological polar surface area (TPSA) is 9.23 Å². The van der Waals surface area contributed by atoms with Crippen LogP contribution in [0.25, 0.3) is 0 Å². The van der Waals surface area contributed by atoms with Gasteiger partial charge >= 0.3 is 165 Å². The van der Waals surface area contributed by atoms with Crippen molar-refractivity contribution < 1.29 is 3.07 Å². The molecule has 0 bridgehead atoms. The van der Waals surface area contributed by atoms with Crippen molar-refractivity contribution in [3.05, 3.63) is 0 Å². The summed E-state index contributed by atoms with van der Waals surface area (Å²) in [5, 5.41) is 0. The van der Waals surface area contributed by atoms with Gasteiger partial charge in [0, 0.05) is 0 Å². The van der Waals surface area contributed by atoms with E-state index in [1.54, 1.807) is 0 Å². The summed E-state index contributed by atoms with van der Waals surface area (Å²) >= 11 is -2.30. The van der Waals surface area contributed by atoms with Gasteiger partial charge in [-0.25, -0.2) is 0 Å². The van der Waals surface area contributed by atoms with E-state index in [2.05, 4.69) is 27.7 Å². The summed E-state index contributed by atoms with van der Waals surface area (Å²) in [5.74, 6) is 0. The fourth-order valence-corrected chi connectivity index (χ4v) is 17.5. The Labute approximate surface area is 171 Å². The van der Waals surface area contributed by atoms with E-state index in [1.807, 2.05) is 0 Å². The molecule has 158 valence electrons. The van der Waals surface area contributed by atoms with E-state index in [0.717, 1.165) is 6.61 Å². The molecule has 0 heterocycles. The van der Waals surface area contributed by atoms with Crippen LogP contribution in [0.15, 0.2) is 0 Å². The summed E-state index contributed by atoms with van der Waals surface area (Å²) in [6, 6.07) is 0. The molecule has 26 heavy (non-hydrogen) atoms. The molecule has 1 nitrogen and oxygen atoms in total. The van der Waals surface area contributed by atoms with Crippen LogP contribution in [0.1, 0.15) is 130 Å². The number of hydrogen-bond donors (Lipinski definition) is 0. The third kappa shape index (κ3) is 15.8. The molecule has 0 aliphatic carbocycles. The van der Waals surface area contributed by atoms with Gasteiger partial charge in [-0.3, -0.25) is 0 Å². The molecule has 0 saturated carbocycles. The van der Waals surface area contributed by atoms with Crippen molar-refractivity contribution in [2.75, 3.05) is 6.61 Å². The normalized spacial score (nSPS) is 12.0. The van der Waals surface area contributed by atoms with Gasteiger partial charge in [0.2, 0.25) is 0 Å². The Morgan fingerprint density at radius 2 is 0.769 bits per heavy atom. The molecule has 0 N–H and O–H groups in total. The van der Waals surface area contributed by atoms with Crippen molar-refractivity contribution in [2.45, 2.75) is 144 Å². The summed E-state index contributed by atoms with van der Waals surface area (Å²) in [6.07, 6.45) is 22.5. The van der Waals surface area contributed by atoms with Crippen LogP contribution in [0.3, 0.4) is 0 Å². The molecule has 0 fully saturated rings. The fourth-order valence-electron chi connectivity index (χ4n) is 3.97. The zero-order chi connectivity index (χ0) is 19.3. The number of rotatable bonds is 21. The fraction of sp³-hybridized carbons (Fsp3) is 1.00. The molecule has 0 aromatic rings. The minimum absolute atomic E-state index is 1.09. The summed E-state index contributed by atoms with van der Waals surface area (Å²) in [4.78, 5) is 0. The second-order valence-electron chi connectivity index (χ2n) is 8.52. The van der Waals surface area contributed by atoms with Crippen LogP contribution in [0.2, 0.25) is 13.3 Å². The van der Waals surface area contributed by atoms with Crippen molar-refractivity contribution >= 4 is 18.8 Å².